The number of carbonyl (C=O) groups excluding carboxylic acids is 2. The largest absolute Gasteiger partial charge is 0.492 e. The van der Waals surface area contributed by atoms with Crippen molar-refractivity contribution in [2.75, 3.05) is 37.7 Å². The highest BCUT2D eigenvalue weighted by molar-refractivity contribution is 5.97. The quantitative estimate of drug-likeness (QED) is 0.747. The van der Waals surface area contributed by atoms with Gasteiger partial charge in [0.2, 0.25) is 0 Å². The first-order valence-electron chi connectivity index (χ1n) is 10.1. The van der Waals surface area contributed by atoms with Crippen molar-refractivity contribution in [2.45, 2.75) is 25.9 Å². The zero-order chi connectivity index (χ0) is 20.4. The molecule has 2 aromatic carbocycles. The number of esters is 1. The van der Waals surface area contributed by atoms with E-state index in [9.17, 15) is 9.59 Å². The number of benzene rings is 2. The summed E-state index contributed by atoms with van der Waals surface area (Å²) in [6, 6.07) is 15.3. The van der Waals surface area contributed by atoms with Crippen LogP contribution in [0.5, 0.6) is 5.75 Å². The smallest absolute Gasteiger partial charge is 0.339 e. The highest BCUT2D eigenvalue weighted by Crippen LogP contribution is 2.32. The van der Waals surface area contributed by atoms with Crippen LogP contribution < -0.4 is 9.64 Å². The second kappa shape index (κ2) is 7.78. The van der Waals surface area contributed by atoms with Crippen LogP contribution in [0, 0.1) is 0 Å². The van der Waals surface area contributed by atoms with Gasteiger partial charge in [-0.15, -0.1) is 0 Å². The number of hydrogen-bond donors (Lipinski definition) is 0. The lowest BCUT2D eigenvalue weighted by atomic mass is 9.88. The van der Waals surface area contributed by atoms with Crippen LogP contribution in [-0.2, 0) is 16.0 Å². The maximum Gasteiger partial charge on any atom is 0.339 e. The molecule has 2 aliphatic heterocycles. The Balaban J connectivity index is 1.45. The summed E-state index contributed by atoms with van der Waals surface area (Å²) in [5, 5.41) is 0. The number of para-hydroxylation sites is 2. The standard InChI is InChI=1S/C23H26N2O4/c1-3-28-20-11-7-6-10-19(20)24-12-14-25(15-13-24)22(27)23(2)16-17-8-4-5-9-18(17)21(26)29-23/h4-11H,3,12-16H2,1-2H3. The fraction of sp³-hybridized carbons (Fsp3) is 0.391. The van der Waals surface area contributed by atoms with Gasteiger partial charge in [0, 0.05) is 32.6 Å². The topological polar surface area (TPSA) is 59.1 Å². The van der Waals surface area contributed by atoms with Gasteiger partial charge in [-0.05, 0) is 37.6 Å². The van der Waals surface area contributed by atoms with Gasteiger partial charge in [-0.1, -0.05) is 30.3 Å². The molecule has 1 fully saturated rings. The zero-order valence-corrected chi connectivity index (χ0v) is 16.9. The summed E-state index contributed by atoms with van der Waals surface area (Å²) in [5.41, 5.74) is 1.31. The number of fused-ring (bicyclic) bond motifs is 1. The normalized spacial score (nSPS) is 21.4. The molecule has 6 nitrogen and oxygen atoms in total. The van der Waals surface area contributed by atoms with E-state index < -0.39 is 11.6 Å². The third kappa shape index (κ3) is 3.67. The molecule has 0 aliphatic carbocycles. The monoisotopic (exact) mass is 394 g/mol. The molecular weight excluding hydrogens is 368 g/mol. The van der Waals surface area contributed by atoms with Crippen molar-refractivity contribution in [3.8, 4) is 5.75 Å². The van der Waals surface area contributed by atoms with Crippen LogP contribution in [0.4, 0.5) is 5.69 Å². The second-order valence-electron chi connectivity index (χ2n) is 7.63. The first kappa shape index (κ1) is 19.3. The fourth-order valence-corrected chi connectivity index (χ4v) is 4.13. The number of nitrogens with zero attached hydrogens (tertiary/aromatic N) is 2. The summed E-state index contributed by atoms with van der Waals surface area (Å²) in [7, 11) is 0. The molecule has 152 valence electrons. The van der Waals surface area contributed by atoms with Crippen molar-refractivity contribution in [2.24, 2.45) is 0 Å². The van der Waals surface area contributed by atoms with Gasteiger partial charge in [-0.25, -0.2) is 4.79 Å². The predicted octanol–water partition coefficient (Wildman–Crippen LogP) is 2.91. The molecule has 2 aliphatic rings. The zero-order valence-electron chi connectivity index (χ0n) is 16.9. The Bertz CT molecular complexity index is 921. The number of amides is 1. The average Bonchev–Trinajstić information content (AvgIpc) is 2.74. The number of rotatable bonds is 4. The van der Waals surface area contributed by atoms with Crippen molar-refractivity contribution >= 4 is 17.6 Å². The van der Waals surface area contributed by atoms with Gasteiger partial charge >= 0.3 is 5.97 Å². The minimum atomic E-state index is -1.16. The molecule has 1 atom stereocenters. The summed E-state index contributed by atoms with van der Waals surface area (Å²) in [6.07, 6.45) is 0.404. The molecule has 0 aromatic heterocycles. The second-order valence-corrected chi connectivity index (χ2v) is 7.63. The third-order valence-electron chi connectivity index (χ3n) is 5.61. The summed E-state index contributed by atoms with van der Waals surface area (Å²) in [5.74, 6) is 0.310. The minimum absolute atomic E-state index is 0.127. The molecule has 0 bridgehead atoms. The van der Waals surface area contributed by atoms with Crippen LogP contribution in [0.2, 0.25) is 0 Å². The molecule has 6 heteroatoms. The van der Waals surface area contributed by atoms with Crippen molar-refractivity contribution in [1.29, 1.82) is 0 Å². The van der Waals surface area contributed by atoms with Crippen molar-refractivity contribution in [3.05, 3.63) is 59.7 Å². The lowest BCUT2D eigenvalue weighted by Crippen LogP contribution is -2.58. The van der Waals surface area contributed by atoms with Crippen LogP contribution in [0.15, 0.2) is 48.5 Å². The Morgan fingerprint density at radius 1 is 1.07 bits per heavy atom. The summed E-state index contributed by atoms with van der Waals surface area (Å²) in [6.45, 7) is 6.87. The number of anilines is 1. The lowest BCUT2D eigenvalue weighted by Gasteiger charge is -2.41. The first-order chi connectivity index (χ1) is 14.0. The van der Waals surface area contributed by atoms with Crippen molar-refractivity contribution in [3.63, 3.8) is 0 Å². The van der Waals surface area contributed by atoms with Crippen LogP contribution >= 0.6 is 0 Å². The molecule has 0 N–H and O–H groups in total. The maximum atomic E-state index is 13.2. The van der Waals surface area contributed by atoms with Crippen LogP contribution in [0.1, 0.15) is 29.8 Å². The molecule has 2 aromatic rings. The van der Waals surface area contributed by atoms with Gasteiger partial charge in [0.1, 0.15) is 5.75 Å². The van der Waals surface area contributed by atoms with Gasteiger partial charge in [-0.3, -0.25) is 4.79 Å². The number of carbonyl (C=O) groups is 2. The maximum absolute atomic E-state index is 13.2. The van der Waals surface area contributed by atoms with E-state index in [4.69, 9.17) is 9.47 Å². The van der Waals surface area contributed by atoms with E-state index in [2.05, 4.69) is 4.90 Å². The summed E-state index contributed by atoms with van der Waals surface area (Å²) in [4.78, 5) is 29.7. The highest BCUT2D eigenvalue weighted by Gasteiger charge is 2.45. The minimum Gasteiger partial charge on any atom is -0.492 e. The molecule has 1 saturated heterocycles. The Labute approximate surface area is 171 Å². The highest BCUT2D eigenvalue weighted by atomic mass is 16.6. The Morgan fingerprint density at radius 2 is 1.76 bits per heavy atom. The van der Waals surface area contributed by atoms with Gasteiger partial charge in [-0.2, -0.15) is 0 Å². The molecule has 4 rings (SSSR count). The van der Waals surface area contributed by atoms with Crippen LogP contribution in [-0.4, -0.2) is 55.2 Å². The van der Waals surface area contributed by atoms with E-state index in [1.807, 2.05) is 49.4 Å². The number of piperazine rings is 1. The van der Waals surface area contributed by atoms with E-state index in [0.717, 1.165) is 17.0 Å². The predicted molar refractivity (Wildman–Crippen MR) is 110 cm³/mol. The van der Waals surface area contributed by atoms with E-state index >= 15 is 0 Å². The molecule has 0 spiro atoms. The van der Waals surface area contributed by atoms with E-state index in [1.165, 1.54) is 0 Å². The molecular formula is C23H26N2O4. The molecule has 0 saturated carbocycles. The van der Waals surface area contributed by atoms with E-state index in [1.54, 1.807) is 17.9 Å². The molecule has 1 unspecified atom stereocenters. The van der Waals surface area contributed by atoms with Crippen molar-refractivity contribution < 1.29 is 19.1 Å². The lowest BCUT2D eigenvalue weighted by molar-refractivity contribution is -0.151. The van der Waals surface area contributed by atoms with Crippen molar-refractivity contribution in [1.82, 2.24) is 4.90 Å². The summed E-state index contributed by atoms with van der Waals surface area (Å²) < 4.78 is 11.4. The molecule has 2 heterocycles. The molecule has 29 heavy (non-hydrogen) atoms. The van der Waals surface area contributed by atoms with Crippen LogP contribution in [0.25, 0.3) is 0 Å². The van der Waals surface area contributed by atoms with Gasteiger partial charge in [0.15, 0.2) is 5.60 Å². The number of ether oxygens (including phenoxy) is 2. The number of hydrogen-bond acceptors (Lipinski definition) is 5. The van der Waals surface area contributed by atoms with Gasteiger partial charge in [0.25, 0.3) is 5.91 Å². The van der Waals surface area contributed by atoms with Crippen LogP contribution in [0.3, 0.4) is 0 Å². The number of cyclic esters (lactones) is 1. The van der Waals surface area contributed by atoms with Gasteiger partial charge in [0.05, 0.1) is 17.9 Å². The van der Waals surface area contributed by atoms with Gasteiger partial charge < -0.3 is 19.3 Å². The van der Waals surface area contributed by atoms with E-state index in [0.29, 0.717) is 44.8 Å². The van der Waals surface area contributed by atoms with E-state index in [-0.39, 0.29) is 5.91 Å². The Morgan fingerprint density at radius 3 is 2.52 bits per heavy atom. The third-order valence-corrected chi connectivity index (χ3v) is 5.61. The molecule has 0 radical (unpaired) electrons. The molecule has 1 amide bonds. The summed E-state index contributed by atoms with van der Waals surface area (Å²) >= 11 is 0. The first-order valence-corrected chi connectivity index (χ1v) is 10.1. The fourth-order valence-electron chi connectivity index (χ4n) is 4.13. The Hall–Kier alpha value is -3.02. The Kier molecular flexibility index (Phi) is 5.18. The average molecular weight is 394 g/mol. The SMILES string of the molecule is CCOc1ccccc1N1CCN(C(=O)C2(C)Cc3ccccc3C(=O)O2)CC1.